The van der Waals surface area contributed by atoms with Crippen molar-refractivity contribution in [1.82, 2.24) is 9.80 Å². The van der Waals surface area contributed by atoms with Gasteiger partial charge in [0.1, 0.15) is 5.82 Å². The second-order valence-corrected chi connectivity index (χ2v) is 6.88. The van der Waals surface area contributed by atoms with Crippen LogP contribution in [0.1, 0.15) is 50.5 Å². The molecule has 1 saturated heterocycles. The first-order chi connectivity index (χ1) is 11.2. The summed E-state index contributed by atoms with van der Waals surface area (Å²) >= 11 is 0. The molecule has 1 amide bonds. The third-order valence-corrected chi connectivity index (χ3v) is 4.94. The molecule has 1 heterocycles. The van der Waals surface area contributed by atoms with Crippen LogP contribution in [0.2, 0.25) is 0 Å². The second kappa shape index (κ2) is 7.91. The van der Waals surface area contributed by atoms with Gasteiger partial charge in [0.25, 0.3) is 0 Å². The summed E-state index contributed by atoms with van der Waals surface area (Å²) in [5, 5.41) is 0. The van der Waals surface area contributed by atoms with Gasteiger partial charge in [0.15, 0.2) is 0 Å². The monoisotopic (exact) mass is 318 g/mol. The van der Waals surface area contributed by atoms with Gasteiger partial charge in [-0.05, 0) is 31.7 Å². The highest BCUT2D eigenvalue weighted by Crippen LogP contribution is 2.28. The number of carbonyl (C=O) groups excluding carboxylic acids is 1. The molecular formula is C19H27FN2O. The predicted molar refractivity (Wildman–Crippen MR) is 89.5 cm³/mol. The first-order valence-electron chi connectivity index (χ1n) is 8.99. The van der Waals surface area contributed by atoms with Crippen LogP contribution < -0.4 is 0 Å². The Kier molecular flexibility index (Phi) is 5.65. The molecule has 4 heteroatoms. The molecule has 2 fully saturated rings. The average molecular weight is 318 g/mol. The Morgan fingerprint density at radius 1 is 1.09 bits per heavy atom. The Morgan fingerprint density at radius 2 is 1.74 bits per heavy atom. The maximum Gasteiger partial charge on any atom is 0.236 e. The molecule has 23 heavy (non-hydrogen) atoms. The van der Waals surface area contributed by atoms with Crippen molar-refractivity contribution in [3.05, 3.63) is 35.6 Å². The molecule has 3 nitrogen and oxygen atoms in total. The smallest absolute Gasteiger partial charge is 0.236 e. The van der Waals surface area contributed by atoms with Gasteiger partial charge in [-0.25, -0.2) is 4.39 Å². The van der Waals surface area contributed by atoms with Crippen molar-refractivity contribution in [1.29, 1.82) is 0 Å². The fourth-order valence-electron chi connectivity index (χ4n) is 3.37. The number of nitrogens with zero attached hydrogens (tertiary/aromatic N) is 2. The Bertz CT molecular complexity index is 522. The molecule has 0 radical (unpaired) electrons. The van der Waals surface area contributed by atoms with E-state index in [9.17, 15) is 9.18 Å². The van der Waals surface area contributed by atoms with E-state index in [-0.39, 0.29) is 11.7 Å². The van der Waals surface area contributed by atoms with Crippen LogP contribution in [0.3, 0.4) is 0 Å². The number of benzene rings is 1. The highest BCUT2D eigenvalue weighted by molar-refractivity contribution is 5.78. The summed E-state index contributed by atoms with van der Waals surface area (Å²) < 4.78 is 13.9. The summed E-state index contributed by atoms with van der Waals surface area (Å²) in [6, 6.07) is 7.36. The van der Waals surface area contributed by atoms with Crippen LogP contribution in [0.4, 0.5) is 4.39 Å². The predicted octanol–water partition coefficient (Wildman–Crippen LogP) is 3.58. The van der Waals surface area contributed by atoms with Crippen molar-refractivity contribution in [2.45, 2.75) is 57.5 Å². The number of amides is 1. The number of likely N-dealkylation sites (tertiary alicyclic amines) is 1. The van der Waals surface area contributed by atoms with Crippen molar-refractivity contribution < 1.29 is 9.18 Å². The van der Waals surface area contributed by atoms with Crippen LogP contribution in [0, 0.1) is 5.82 Å². The van der Waals surface area contributed by atoms with Crippen LogP contribution in [0.25, 0.3) is 0 Å². The molecule has 126 valence electrons. The molecule has 1 saturated carbocycles. The number of carbonyl (C=O) groups is 1. The maximum atomic E-state index is 13.9. The minimum Gasteiger partial charge on any atom is -0.342 e. The molecule has 0 unspecified atom stereocenters. The summed E-state index contributed by atoms with van der Waals surface area (Å²) in [5.74, 6) is 0.0481. The summed E-state index contributed by atoms with van der Waals surface area (Å²) in [5.41, 5.74) is 0.694. The molecule has 1 aliphatic heterocycles. The van der Waals surface area contributed by atoms with Crippen LogP contribution in [0.15, 0.2) is 24.3 Å². The quantitative estimate of drug-likeness (QED) is 0.828. The van der Waals surface area contributed by atoms with Gasteiger partial charge in [0, 0.05) is 31.2 Å². The summed E-state index contributed by atoms with van der Waals surface area (Å²) in [6.07, 6.45) is 8.23. The van der Waals surface area contributed by atoms with Crippen LogP contribution in [-0.2, 0) is 11.3 Å². The second-order valence-electron chi connectivity index (χ2n) is 6.88. The van der Waals surface area contributed by atoms with E-state index >= 15 is 0 Å². The minimum atomic E-state index is -0.170. The van der Waals surface area contributed by atoms with E-state index in [4.69, 9.17) is 0 Å². The van der Waals surface area contributed by atoms with Gasteiger partial charge in [0.05, 0.1) is 6.54 Å². The molecule has 0 spiro atoms. The summed E-state index contributed by atoms with van der Waals surface area (Å²) in [7, 11) is 0. The normalized spacial score (nSPS) is 19.5. The molecule has 0 N–H and O–H groups in total. The lowest BCUT2D eigenvalue weighted by molar-refractivity contribution is -0.133. The van der Waals surface area contributed by atoms with Gasteiger partial charge < -0.3 is 4.90 Å². The van der Waals surface area contributed by atoms with Crippen LogP contribution >= 0.6 is 0 Å². The van der Waals surface area contributed by atoms with E-state index < -0.39 is 0 Å². The topological polar surface area (TPSA) is 23.6 Å². The lowest BCUT2D eigenvalue weighted by atomic mass is 10.1. The Balaban J connectivity index is 1.60. The van der Waals surface area contributed by atoms with E-state index in [1.165, 1.54) is 25.3 Å². The standard InChI is InChI=1S/C19H27FN2O/c20-18-9-5-4-8-16(18)14-22(17-10-11-17)15-19(23)21-12-6-2-1-3-7-13-21/h4-5,8-9,17H,1-3,6-7,10-15H2. The molecule has 0 aromatic heterocycles. The van der Waals surface area contributed by atoms with E-state index in [0.29, 0.717) is 24.7 Å². The van der Waals surface area contributed by atoms with Crippen molar-refractivity contribution in [3.63, 3.8) is 0 Å². The Labute approximate surface area is 138 Å². The highest BCUT2D eigenvalue weighted by atomic mass is 19.1. The largest absolute Gasteiger partial charge is 0.342 e. The summed E-state index contributed by atoms with van der Waals surface area (Å²) in [6.45, 7) is 2.74. The zero-order valence-electron chi connectivity index (χ0n) is 13.8. The number of halogens is 1. The van der Waals surface area contributed by atoms with E-state index in [1.54, 1.807) is 6.07 Å². The third kappa shape index (κ3) is 4.77. The van der Waals surface area contributed by atoms with Gasteiger partial charge in [-0.15, -0.1) is 0 Å². The average Bonchev–Trinajstić information content (AvgIpc) is 3.33. The Morgan fingerprint density at radius 3 is 2.39 bits per heavy atom. The fourth-order valence-corrected chi connectivity index (χ4v) is 3.37. The van der Waals surface area contributed by atoms with Gasteiger partial charge in [0.2, 0.25) is 5.91 Å². The molecule has 1 aliphatic carbocycles. The molecule has 1 aromatic carbocycles. The molecule has 1 aromatic rings. The maximum absolute atomic E-state index is 13.9. The lowest BCUT2D eigenvalue weighted by Gasteiger charge is -2.29. The van der Waals surface area contributed by atoms with E-state index in [1.807, 2.05) is 17.0 Å². The number of hydrogen-bond acceptors (Lipinski definition) is 2. The molecule has 0 bridgehead atoms. The van der Waals surface area contributed by atoms with E-state index in [0.717, 1.165) is 38.8 Å². The lowest BCUT2D eigenvalue weighted by Crippen LogP contribution is -2.42. The first kappa shape index (κ1) is 16.4. The SMILES string of the molecule is O=C(CN(Cc1ccccc1F)C1CC1)N1CCCCCCC1. The van der Waals surface area contributed by atoms with Gasteiger partial charge in [-0.1, -0.05) is 37.5 Å². The fraction of sp³-hybridized carbons (Fsp3) is 0.632. The minimum absolute atomic E-state index is 0.170. The van der Waals surface area contributed by atoms with Crippen molar-refractivity contribution >= 4 is 5.91 Å². The molecule has 0 atom stereocenters. The zero-order valence-corrected chi connectivity index (χ0v) is 13.8. The Hall–Kier alpha value is -1.42. The summed E-state index contributed by atoms with van der Waals surface area (Å²) in [4.78, 5) is 16.9. The van der Waals surface area contributed by atoms with E-state index in [2.05, 4.69) is 4.90 Å². The van der Waals surface area contributed by atoms with Crippen molar-refractivity contribution in [3.8, 4) is 0 Å². The van der Waals surface area contributed by atoms with Crippen LogP contribution in [0.5, 0.6) is 0 Å². The zero-order chi connectivity index (χ0) is 16.1. The van der Waals surface area contributed by atoms with Crippen molar-refractivity contribution in [2.75, 3.05) is 19.6 Å². The van der Waals surface area contributed by atoms with Gasteiger partial charge >= 0.3 is 0 Å². The molecule has 3 rings (SSSR count). The number of hydrogen-bond donors (Lipinski definition) is 0. The molecular weight excluding hydrogens is 291 g/mol. The third-order valence-electron chi connectivity index (χ3n) is 4.94. The molecule has 2 aliphatic rings. The van der Waals surface area contributed by atoms with Gasteiger partial charge in [-0.2, -0.15) is 0 Å². The highest BCUT2D eigenvalue weighted by Gasteiger charge is 2.31. The first-order valence-corrected chi connectivity index (χ1v) is 8.99. The van der Waals surface area contributed by atoms with Crippen LogP contribution in [-0.4, -0.2) is 41.4 Å². The number of rotatable bonds is 5. The van der Waals surface area contributed by atoms with Gasteiger partial charge in [-0.3, -0.25) is 9.69 Å². The van der Waals surface area contributed by atoms with Crippen molar-refractivity contribution in [2.24, 2.45) is 0 Å².